The van der Waals surface area contributed by atoms with Crippen LogP contribution in [-0.4, -0.2) is 23.5 Å². The molecule has 17 heavy (non-hydrogen) atoms. The van der Waals surface area contributed by atoms with Gasteiger partial charge in [-0.15, -0.1) is 0 Å². The van der Waals surface area contributed by atoms with E-state index in [0.29, 0.717) is 0 Å². The Labute approximate surface area is 103 Å². The predicted octanol–water partition coefficient (Wildman–Crippen LogP) is 3.30. The van der Waals surface area contributed by atoms with Gasteiger partial charge in [0.05, 0.1) is 11.9 Å². The van der Waals surface area contributed by atoms with Crippen molar-refractivity contribution in [3.8, 4) is 0 Å². The number of allylic oxidation sites excluding steroid dienone is 3. The molecule has 0 atom stereocenters. The summed E-state index contributed by atoms with van der Waals surface area (Å²) < 4.78 is 0. The van der Waals surface area contributed by atoms with E-state index >= 15 is 0 Å². The normalized spacial score (nSPS) is 20.1. The van der Waals surface area contributed by atoms with E-state index in [1.54, 1.807) is 18.5 Å². The highest BCUT2D eigenvalue weighted by molar-refractivity contribution is 5.83. The van der Waals surface area contributed by atoms with Crippen molar-refractivity contribution in [2.75, 3.05) is 6.54 Å². The predicted molar refractivity (Wildman–Crippen MR) is 75.2 cm³/mol. The summed E-state index contributed by atoms with van der Waals surface area (Å²) >= 11 is 0. The van der Waals surface area contributed by atoms with Gasteiger partial charge in [0.15, 0.2) is 0 Å². The molecular weight excluding hydrogens is 210 g/mol. The molecule has 0 aromatic carbocycles. The monoisotopic (exact) mass is 229 g/mol. The third-order valence-corrected chi connectivity index (χ3v) is 2.51. The van der Waals surface area contributed by atoms with E-state index in [1.165, 1.54) is 0 Å². The average molecular weight is 229 g/mol. The summed E-state index contributed by atoms with van der Waals surface area (Å²) in [7, 11) is 0. The van der Waals surface area contributed by atoms with Crippen LogP contribution in [0.2, 0.25) is 0 Å². The summed E-state index contributed by atoms with van der Waals surface area (Å²) in [6.45, 7) is 12.4. The fourth-order valence-electron chi connectivity index (χ4n) is 1.61. The molecule has 0 saturated carbocycles. The first-order valence-corrected chi connectivity index (χ1v) is 5.66. The van der Waals surface area contributed by atoms with Gasteiger partial charge in [0, 0.05) is 19.0 Å². The number of amidine groups is 1. The molecule has 1 aliphatic heterocycles. The molecule has 1 rings (SSSR count). The molecule has 0 aliphatic carbocycles. The van der Waals surface area contributed by atoms with Crippen molar-refractivity contribution in [3.05, 3.63) is 49.0 Å². The van der Waals surface area contributed by atoms with E-state index in [-0.39, 0.29) is 0 Å². The summed E-state index contributed by atoms with van der Waals surface area (Å²) in [6, 6.07) is 0. The van der Waals surface area contributed by atoms with Crippen LogP contribution in [0, 0.1) is 0 Å². The quantitative estimate of drug-likeness (QED) is 0.414. The van der Waals surface area contributed by atoms with Crippen LogP contribution in [-0.2, 0) is 0 Å². The molecule has 0 unspecified atom stereocenters. The third-order valence-electron chi connectivity index (χ3n) is 2.51. The lowest BCUT2D eigenvalue weighted by molar-refractivity contribution is 0.584. The van der Waals surface area contributed by atoms with E-state index in [4.69, 9.17) is 0 Å². The molecule has 1 fully saturated rings. The minimum absolute atomic E-state index is 0.918. The highest BCUT2D eigenvalue weighted by Gasteiger charge is 2.22. The Kier molecular flexibility index (Phi) is 5.14. The van der Waals surface area contributed by atoms with Crippen LogP contribution in [0.25, 0.3) is 0 Å². The molecule has 0 radical (unpaired) electrons. The maximum Gasteiger partial charge on any atom is 0.105 e. The molecule has 0 N–H and O–H groups in total. The topological polar surface area (TPSA) is 28.0 Å². The van der Waals surface area contributed by atoms with Crippen molar-refractivity contribution < 1.29 is 0 Å². The minimum Gasteiger partial charge on any atom is -0.328 e. The van der Waals surface area contributed by atoms with Gasteiger partial charge in [-0.2, -0.15) is 0 Å². The van der Waals surface area contributed by atoms with Gasteiger partial charge in [-0.25, -0.2) is 4.99 Å². The number of hydrogen-bond donors (Lipinski definition) is 0. The van der Waals surface area contributed by atoms with Gasteiger partial charge in [0.25, 0.3) is 0 Å². The molecule has 0 bridgehead atoms. The number of rotatable bonds is 3. The summed E-state index contributed by atoms with van der Waals surface area (Å²) in [5.74, 6) is 0.944. The largest absolute Gasteiger partial charge is 0.328 e. The van der Waals surface area contributed by atoms with Crippen molar-refractivity contribution in [1.29, 1.82) is 0 Å². The molecule has 0 aromatic rings. The first-order valence-electron chi connectivity index (χ1n) is 5.66. The first-order chi connectivity index (χ1) is 8.20. The fraction of sp³-hybridized carbons (Fsp3) is 0.286. The second kappa shape index (κ2) is 6.63. The van der Waals surface area contributed by atoms with Crippen molar-refractivity contribution in [1.82, 2.24) is 4.90 Å². The highest BCUT2D eigenvalue weighted by atomic mass is 15.2. The number of hydrogen-bond acceptors (Lipinski definition) is 2. The maximum absolute atomic E-state index is 4.35. The van der Waals surface area contributed by atoms with E-state index in [2.05, 4.69) is 28.0 Å². The van der Waals surface area contributed by atoms with Gasteiger partial charge in [0.1, 0.15) is 5.84 Å². The number of aliphatic imine (C=N–C) groups is 2. The summed E-state index contributed by atoms with van der Waals surface area (Å²) in [5, 5.41) is 0. The molecular formula is C14H19N3. The Morgan fingerprint density at radius 1 is 1.47 bits per heavy atom. The Hall–Kier alpha value is -1.90. The Morgan fingerprint density at radius 2 is 2.24 bits per heavy atom. The molecule has 0 amide bonds. The van der Waals surface area contributed by atoms with Crippen molar-refractivity contribution >= 4 is 12.1 Å². The van der Waals surface area contributed by atoms with E-state index in [1.807, 2.05) is 26.1 Å². The SMILES string of the molecule is C=C/C=C\N=C(/C)N1CCC(=C)/C1=C\N=C/C. The third kappa shape index (κ3) is 3.55. The zero-order valence-corrected chi connectivity index (χ0v) is 10.6. The minimum atomic E-state index is 0.918. The molecule has 0 spiro atoms. The maximum atomic E-state index is 4.35. The van der Waals surface area contributed by atoms with Crippen LogP contribution in [0.5, 0.6) is 0 Å². The lowest BCUT2D eigenvalue weighted by atomic mass is 10.2. The molecule has 3 heteroatoms. The summed E-state index contributed by atoms with van der Waals surface area (Å²) in [5.41, 5.74) is 2.16. The smallest absolute Gasteiger partial charge is 0.105 e. The highest BCUT2D eigenvalue weighted by Crippen LogP contribution is 2.26. The molecule has 90 valence electrons. The lowest BCUT2D eigenvalue weighted by Gasteiger charge is -2.18. The van der Waals surface area contributed by atoms with Gasteiger partial charge in [-0.05, 0) is 31.9 Å². The van der Waals surface area contributed by atoms with Crippen LogP contribution >= 0.6 is 0 Å². The van der Waals surface area contributed by atoms with Gasteiger partial charge < -0.3 is 4.90 Å². The van der Waals surface area contributed by atoms with Crippen LogP contribution in [0.1, 0.15) is 20.3 Å². The first kappa shape index (κ1) is 13.2. The molecule has 1 heterocycles. The Bertz CT molecular complexity index is 411. The van der Waals surface area contributed by atoms with Crippen LogP contribution in [0.3, 0.4) is 0 Å². The summed E-state index contributed by atoms with van der Waals surface area (Å²) in [4.78, 5) is 10.6. The van der Waals surface area contributed by atoms with Crippen LogP contribution < -0.4 is 0 Å². The van der Waals surface area contributed by atoms with Crippen LogP contribution in [0.4, 0.5) is 0 Å². The van der Waals surface area contributed by atoms with Gasteiger partial charge in [-0.3, -0.25) is 4.99 Å². The second-order valence-electron chi connectivity index (χ2n) is 3.68. The number of nitrogens with zero attached hydrogens (tertiary/aromatic N) is 3. The van der Waals surface area contributed by atoms with Gasteiger partial charge in [-0.1, -0.05) is 19.2 Å². The average Bonchev–Trinajstić information content (AvgIpc) is 2.68. The van der Waals surface area contributed by atoms with E-state index in [9.17, 15) is 0 Å². The number of likely N-dealkylation sites (tertiary alicyclic amines) is 1. The van der Waals surface area contributed by atoms with E-state index < -0.39 is 0 Å². The van der Waals surface area contributed by atoms with Crippen molar-refractivity contribution in [2.45, 2.75) is 20.3 Å². The Morgan fingerprint density at radius 3 is 2.88 bits per heavy atom. The van der Waals surface area contributed by atoms with Gasteiger partial charge >= 0.3 is 0 Å². The zero-order valence-electron chi connectivity index (χ0n) is 10.6. The molecule has 1 aliphatic rings. The zero-order chi connectivity index (χ0) is 12.7. The van der Waals surface area contributed by atoms with Crippen molar-refractivity contribution in [3.63, 3.8) is 0 Å². The summed E-state index contributed by atoms with van der Waals surface area (Å²) in [6.07, 6.45) is 9.82. The molecule has 3 nitrogen and oxygen atoms in total. The molecule has 1 saturated heterocycles. The van der Waals surface area contributed by atoms with Gasteiger partial charge in [0.2, 0.25) is 0 Å². The van der Waals surface area contributed by atoms with E-state index in [0.717, 1.165) is 30.1 Å². The van der Waals surface area contributed by atoms with Crippen LogP contribution in [0.15, 0.2) is 59.0 Å². The Balaban J connectivity index is 2.89. The second-order valence-corrected chi connectivity index (χ2v) is 3.68. The lowest BCUT2D eigenvalue weighted by Crippen LogP contribution is -2.23. The molecule has 0 aromatic heterocycles. The van der Waals surface area contributed by atoms with Crippen molar-refractivity contribution in [2.24, 2.45) is 9.98 Å². The fourth-order valence-corrected chi connectivity index (χ4v) is 1.61. The standard InChI is InChI=1S/C14H19N3/c1-5-7-9-16-13(4)17-10-8-12(3)14(17)11-15-6-2/h5-7,9,11H,1,3,8,10H2,2,4H3/b9-7-,14-11+,15-6-,16-13+.